The summed E-state index contributed by atoms with van der Waals surface area (Å²) in [6, 6.07) is 3.76. The highest BCUT2D eigenvalue weighted by atomic mass is 35.5. The van der Waals surface area contributed by atoms with Crippen molar-refractivity contribution in [3.05, 3.63) is 34.2 Å². The Morgan fingerprint density at radius 1 is 1.30 bits per heavy atom. The van der Waals surface area contributed by atoms with E-state index in [0.717, 1.165) is 23.9 Å². The van der Waals surface area contributed by atoms with Crippen molar-refractivity contribution < 1.29 is 13.9 Å². The molecule has 0 spiro atoms. The highest BCUT2D eigenvalue weighted by Gasteiger charge is 2.29. The molecule has 0 bridgehead atoms. The first-order valence-corrected chi connectivity index (χ1v) is 9.93. The first kappa shape index (κ1) is 20.0. The number of rotatable bonds is 2. The van der Waals surface area contributed by atoms with Crippen molar-refractivity contribution in [1.82, 2.24) is 9.88 Å². The number of hydrogen-bond acceptors (Lipinski definition) is 2. The summed E-state index contributed by atoms with van der Waals surface area (Å²) in [6.07, 6.45) is 1.14. The van der Waals surface area contributed by atoms with Crippen LogP contribution in [0.5, 0.6) is 0 Å². The molecule has 1 aliphatic rings. The lowest BCUT2D eigenvalue weighted by Gasteiger charge is -2.33. The first-order chi connectivity index (χ1) is 12.6. The molecule has 1 fully saturated rings. The average molecular weight is 395 g/mol. The van der Waals surface area contributed by atoms with E-state index in [4.69, 9.17) is 16.3 Å². The van der Waals surface area contributed by atoms with E-state index in [9.17, 15) is 4.79 Å². The molecule has 1 aliphatic heterocycles. The van der Waals surface area contributed by atoms with Crippen LogP contribution >= 0.6 is 11.6 Å². The number of likely N-dealkylation sites (tertiary alicyclic amines) is 1. The van der Waals surface area contributed by atoms with Crippen molar-refractivity contribution in [2.45, 2.75) is 64.9 Å². The molecule has 27 heavy (non-hydrogen) atoms. The fourth-order valence-electron chi connectivity index (χ4n) is 3.81. The van der Waals surface area contributed by atoms with Crippen LogP contribution in [0.15, 0.2) is 12.1 Å². The minimum Gasteiger partial charge on any atom is -0.444 e. The van der Waals surface area contributed by atoms with E-state index in [1.807, 2.05) is 46.8 Å². The summed E-state index contributed by atoms with van der Waals surface area (Å²) in [5.74, 6) is 0.0295. The number of nitrogens with one attached hydrogen (secondary N) is 1. The molecule has 1 amide bonds. The summed E-state index contributed by atoms with van der Waals surface area (Å²) in [5, 5.41) is 1.11. The van der Waals surface area contributed by atoms with Crippen molar-refractivity contribution in [2.75, 3.05) is 13.1 Å². The van der Waals surface area contributed by atoms with E-state index in [0.29, 0.717) is 29.2 Å². The van der Waals surface area contributed by atoms with Gasteiger partial charge in [-0.1, -0.05) is 31.5 Å². The van der Waals surface area contributed by atoms with Crippen LogP contribution in [0, 0.1) is 5.82 Å². The molecule has 1 N–H and O–H groups in total. The lowest BCUT2D eigenvalue weighted by Crippen LogP contribution is -2.41. The fraction of sp³-hybridized carbons (Fsp3) is 0.571. The molecule has 1 saturated heterocycles. The number of carbonyl (C=O) groups is 1. The monoisotopic (exact) mass is 394 g/mol. The zero-order valence-corrected chi connectivity index (χ0v) is 17.4. The van der Waals surface area contributed by atoms with E-state index < -0.39 is 5.60 Å². The SMILES string of the molecule is CC(C)c1c(Cl)[nH]c2ccc(C3CCN(C(=O)OC(C)(C)C)CC3)c(F)c12. The maximum atomic E-state index is 15.4. The molecule has 0 aliphatic carbocycles. The van der Waals surface area contributed by atoms with Crippen molar-refractivity contribution >= 4 is 28.6 Å². The molecule has 3 rings (SSSR count). The molecule has 0 atom stereocenters. The lowest BCUT2D eigenvalue weighted by molar-refractivity contribution is 0.0204. The predicted molar refractivity (Wildman–Crippen MR) is 107 cm³/mol. The van der Waals surface area contributed by atoms with E-state index in [2.05, 4.69) is 4.98 Å². The number of aromatic nitrogens is 1. The zero-order valence-electron chi connectivity index (χ0n) is 16.7. The largest absolute Gasteiger partial charge is 0.444 e. The summed E-state index contributed by atoms with van der Waals surface area (Å²) in [6.45, 7) is 10.7. The van der Waals surface area contributed by atoms with Crippen LogP contribution in [-0.2, 0) is 4.74 Å². The van der Waals surface area contributed by atoms with E-state index in [1.54, 1.807) is 4.90 Å². The summed E-state index contributed by atoms with van der Waals surface area (Å²) >= 11 is 6.30. The Morgan fingerprint density at radius 3 is 2.48 bits per heavy atom. The van der Waals surface area contributed by atoms with Crippen LogP contribution in [0.3, 0.4) is 0 Å². The van der Waals surface area contributed by atoms with Crippen LogP contribution in [0.4, 0.5) is 9.18 Å². The van der Waals surface area contributed by atoms with Gasteiger partial charge in [0.15, 0.2) is 0 Å². The number of aromatic amines is 1. The number of piperidine rings is 1. The van der Waals surface area contributed by atoms with Crippen molar-refractivity contribution in [3.8, 4) is 0 Å². The third-order valence-electron chi connectivity index (χ3n) is 5.09. The second-order valence-electron chi connectivity index (χ2n) is 8.64. The predicted octanol–water partition coefficient (Wildman–Crippen LogP) is 6.20. The number of benzene rings is 1. The Hall–Kier alpha value is -1.75. The van der Waals surface area contributed by atoms with Gasteiger partial charge in [-0.15, -0.1) is 0 Å². The first-order valence-electron chi connectivity index (χ1n) is 9.56. The third-order valence-corrected chi connectivity index (χ3v) is 5.38. The van der Waals surface area contributed by atoms with E-state index in [1.165, 1.54) is 0 Å². The van der Waals surface area contributed by atoms with Crippen molar-refractivity contribution in [1.29, 1.82) is 0 Å². The van der Waals surface area contributed by atoms with Crippen LogP contribution in [-0.4, -0.2) is 34.7 Å². The van der Waals surface area contributed by atoms with Gasteiger partial charge in [0.25, 0.3) is 0 Å². The molecule has 1 aromatic carbocycles. The fourth-order valence-corrected chi connectivity index (χ4v) is 4.23. The van der Waals surface area contributed by atoms with Crippen LogP contribution < -0.4 is 0 Å². The minimum absolute atomic E-state index is 0.0850. The number of carbonyl (C=O) groups excluding carboxylic acids is 1. The van der Waals surface area contributed by atoms with Gasteiger partial charge in [0.1, 0.15) is 16.6 Å². The van der Waals surface area contributed by atoms with Crippen LogP contribution in [0.25, 0.3) is 10.9 Å². The maximum Gasteiger partial charge on any atom is 0.410 e. The molecule has 6 heteroatoms. The zero-order chi connectivity index (χ0) is 19.9. The second-order valence-corrected chi connectivity index (χ2v) is 9.02. The normalized spacial score (nSPS) is 16.4. The molecular weight excluding hydrogens is 367 g/mol. The number of H-pyrrole nitrogens is 1. The number of ether oxygens (including phenoxy) is 1. The van der Waals surface area contributed by atoms with Crippen molar-refractivity contribution in [3.63, 3.8) is 0 Å². The second kappa shape index (κ2) is 7.34. The van der Waals surface area contributed by atoms with Crippen molar-refractivity contribution in [2.24, 2.45) is 0 Å². The third kappa shape index (κ3) is 4.08. The van der Waals surface area contributed by atoms with Gasteiger partial charge in [-0.05, 0) is 57.1 Å². The van der Waals surface area contributed by atoms with E-state index >= 15 is 4.39 Å². The molecule has 4 nitrogen and oxygen atoms in total. The van der Waals surface area contributed by atoms with Gasteiger partial charge in [0.2, 0.25) is 0 Å². The molecule has 2 aromatic rings. The molecule has 1 aromatic heterocycles. The Balaban J connectivity index is 1.81. The Bertz CT molecular complexity index is 846. The molecule has 2 heterocycles. The number of nitrogens with zero attached hydrogens (tertiary/aromatic N) is 1. The number of hydrogen-bond donors (Lipinski definition) is 1. The Morgan fingerprint density at radius 2 is 1.93 bits per heavy atom. The summed E-state index contributed by atoms with van der Waals surface area (Å²) in [4.78, 5) is 17.0. The minimum atomic E-state index is -0.508. The highest BCUT2D eigenvalue weighted by molar-refractivity contribution is 6.31. The van der Waals surface area contributed by atoms with Crippen LogP contribution in [0.1, 0.15) is 70.4 Å². The lowest BCUT2D eigenvalue weighted by atomic mass is 9.87. The molecule has 0 radical (unpaired) electrons. The van der Waals surface area contributed by atoms with Gasteiger partial charge in [0, 0.05) is 29.6 Å². The van der Waals surface area contributed by atoms with Crippen LogP contribution in [0.2, 0.25) is 5.15 Å². The quantitative estimate of drug-likeness (QED) is 0.659. The highest BCUT2D eigenvalue weighted by Crippen LogP contribution is 2.38. The van der Waals surface area contributed by atoms with E-state index in [-0.39, 0.29) is 23.7 Å². The van der Waals surface area contributed by atoms with Gasteiger partial charge in [-0.3, -0.25) is 0 Å². The van der Waals surface area contributed by atoms with Gasteiger partial charge >= 0.3 is 6.09 Å². The van der Waals surface area contributed by atoms with Gasteiger partial charge in [-0.25, -0.2) is 9.18 Å². The van der Waals surface area contributed by atoms with Gasteiger partial charge in [0.05, 0.1) is 0 Å². The standard InChI is InChI=1S/C21H28ClFN2O2/c1-12(2)16-17-15(24-19(16)22)7-6-14(18(17)23)13-8-10-25(11-9-13)20(26)27-21(3,4)5/h6-7,12-13,24H,8-11H2,1-5H3. The molecule has 148 valence electrons. The summed E-state index contributed by atoms with van der Waals surface area (Å²) in [7, 11) is 0. The maximum absolute atomic E-state index is 15.4. The molecule has 0 unspecified atom stereocenters. The number of amides is 1. The number of fused-ring (bicyclic) bond motifs is 1. The number of halogens is 2. The van der Waals surface area contributed by atoms with Gasteiger partial charge < -0.3 is 14.6 Å². The topological polar surface area (TPSA) is 45.3 Å². The molecule has 0 saturated carbocycles. The average Bonchev–Trinajstić information content (AvgIpc) is 2.91. The van der Waals surface area contributed by atoms with Gasteiger partial charge in [-0.2, -0.15) is 0 Å². The summed E-state index contributed by atoms with van der Waals surface area (Å²) < 4.78 is 20.8. The Kier molecular flexibility index (Phi) is 5.44. The summed E-state index contributed by atoms with van der Waals surface area (Å²) in [5.41, 5.74) is 1.77. The smallest absolute Gasteiger partial charge is 0.410 e. The molecular formula is C21H28ClFN2O2. The Labute approximate surface area is 165 Å².